The Morgan fingerprint density at radius 2 is 1.24 bits per heavy atom. The smallest absolute Gasteiger partial charge is 0.322 e. The number of urea groups is 3. The lowest BCUT2D eigenvalue weighted by Gasteiger charge is -2.40. The first kappa shape index (κ1) is 40.7. The normalized spacial score (nSPS) is 13.9. The van der Waals surface area contributed by atoms with Crippen LogP contribution in [-0.2, 0) is 6.42 Å². The molecule has 55 heavy (non-hydrogen) atoms. The minimum absolute atomic E-state index is 0.214. The zero-order valence-electron chi connectivity index (χ0n) is 32.4. The topological polar surface area (TPSA) is 115 Å². The van der Waals surface area contributed by atoms with Crippen molar-refractivity contribution < 1.29 is 19.1 Å². The fourth-order valence-electron chi connectivity index (χ4n) is 7.37. The van der Waals surface area contributed by atoms with E-state index in [2.05, 4.69) is 28.2 Å². The van der Waals surface area contributed by atoms with E-state index in [9.17, 15) is 14.4 Å². The van der Waals surface area contributed by atoms with Gasteiger partial charge in [-0.2, -0.15) is 0 Å². The Morgan fingerprint density at radius 1 is 0.691 bits per heavy atom. The molecule has 4 aromatic rings. The summed E-state index contributed by atoms with van der Waals surface area (Å²) in [6, 6.07) is 34.8. The van der Waals surface area contributed by atoms with Gasteiger partial charge >= 0.3 is 18.1 Å². The summed E-state index contributed by atoms with van der Waals surface area (Å²) in [7, 11) is 1.65. The second-order valence-corrected chi connectivity index (χ2v) is 14.4. The van der Waals surface area contributed by atoms with Crippen LogP contribution in [0.25, 0.3) is 0 Å². The fraction of sp³-hybridized carbons (Fsp3) is 0.400. The maximum Gasteiger partial charge on any atom is 0.322 e. The minimum Gasteiger partial charge on any atom is -0.497 e. The Morgan fingerprint density at radius 3 is 1.78 bits per heavy atom. The number of rotatable bonds is 18. The first-order valence-electron chi connectivity index (χ1n) is 19.9. The number of hydrogen-bond donors (Lipinski definition) is 4. The molecule has 4 N–H and O–H groups in total. The number of anilines is 3. The highest BCUT2D eigenvalue weighted by Gasteiger charge is 2.33. The zero-order valence-corrected chi connectivity index (χ0v) is 32.4. The number of carbonyl (C=O) groups is 3. The Labute approximate surface area is 327 Å². The van der Waals surface area contributed by atoms with Gasteiger partial charge in [0.25, 0.3) is 0 Å². The van der Waals surface area contributed by atoms with Gasteiger partial charge in [0, 0.05) is 36.7 Å². The van der Waals surface area contributed by atoms with Crippen molar-refractivity contribution in [2.75, 3.05) is 42.7 Å². The second kappa shape index (κ2) is 22.0. The third-order valence-corrected chi connectivity index (χ3v) is 10.4. The van der Waals surface area contributed by atoms with E-state index in [4.69, 9.17) is 4.74 Å². The minimum atomic E-state index is -0.325. The van der Waals surface area contributed by atoms with E-state index < -0.39 is 0 Å². The van der Waals surface area contributed by atoms with Gasteiger partial charge in [-0.25, -0.2) is 14.4 Å². The van der Waals surface area contributed by atoms with E-state index in [1.165, 1.54) is 6.42 Å². The molecule has 5 rings (SSSR count). The van der Waals surface area contributed by atoms with E-state index in [-0.39, 0.29) is 36.7 Å². The van der Waals surface area contributed by atoms with E-state index in [0.29, 0.717) is 48.9 Å². The second-order valence-electron chi connectivity index (χ2n) is 14.4. The molecule has 0 bridgehead atoms. The molecule has 10 nitrogen and oxygen atoms in total. The lowest BCUT2D eigenvalue weighted by molar-refractivity contribution is 0.123. The summed E-state index contributed by atoms with van der Waals surface area (Å²) in [6.45, 7) is 3.14. The number of ether oxygens (including phenoxy) is 1. The van der Waals surface area contributed by atoms with Gasteiger partial charge in [-0.05, 0) is 79.3 Å². The van der Waals surface area contributed by atoms with Gasteiger partial charge in [0.15, 0.2) is 0 Å². The highest BCUT2D eigenvalue weighted by Crippen LogP contribution is 2.30. The van der Waals surface area contributed by atoms with Crippen LogP contribution in [0.15, 0.2) is 115 Å². The van der Waals surface area contributed by atoms with Gasteiger partial charge in [-0.15, -0.1) is 0 Å². The van der Waals surface area contributed by atoms with Crippen LogP contribution in [0.3, 0.4) is 0 Å². The SMILES string of the molecule is CCCC[C@@H](CN(C(=O)Nc1ccccc1)[C@@H](CNC(=O)Nc1ccccc1)CC1CCCCC1)N(CCc1ccc(OC)cc1)C(=O)Nc1ccccc1. The Kier molecular flexibility index (Phi) is 16.3. The van der Waals surface area contributed by atoms with E-state index in [0.717, 1.165) is 56.3 Å². The van der Waals surface area contributed by atoms with Crippen LogP contribution in [0.5, 0.6) is 5.75 Å². The maximum absolute atomic E-state index is 14.6. The number of nitrogens with zero attached hydrogens (tertiary/aromatic N) is 2. The average Bonchev–Trinajstić information content (AvgIpc) is 3.22. The summed E-state index contributed by atoms with van der Waals surface area (Å²) >= 11 is 0. The van der Waals surface area contributed by atoms with Crippen molar-refractivity contribution >= 4 is 35.2 Å². The molecule has 0 radical (unpaired) electrons. The van der Waals surface area contributed by atoms with Crippen molar-refractivity contribution in [3.05, 3.63) is 121 Å². The number of benzene rings is 4. The predicted molar refractivity (Wildman–Crippen MR) is 223 cm³/mol. The standard InChI is InChI=1S/C45H58N6O4/c1-3-4-25-40(50(44(53)48-38-21-13-7-14-22-38)31-30-35-26-28-42(55-2)29-27-35)34-51(45(54)49-39-23-15-8-16-24-39)41(32-36-17-9-5-10-18-36)33-46-43(52)47-37-19-11-6-12-20-37/h6-8,11-16,19-24,26-29,36,40-41H,3-5,9-10,17-18,25,30-34H2,1-2H3,(H,48,53)(H,49,54)(H2,46,47,52)/t40-,41+/m0/s1. The lowest BCUT2D eigenvalue weighted by atomic mass is 9.84. The molecule has 292 valence electrons. The Balaban J connectivity index is 1.47. The summed E-state index contributed by atoms with van der Waals surface area (Å²) in [5.74, 6) is 1.20. The molecule has 1 fully saturated rings. The number of amides is 6. The van der Waals surface area contributed by atoms with Crippen molar-refractivity contribution in [1.82, 2.24) is 15.1 Å². The molecule has 1 aliphatic rings. The van der Waals surface area contributed by atoms with Crippen LogP contribution in [0.4, 0.5) is 31.4 Å². The van der Waals surface area contributed by atoms with Gasteiger partial charge in [0.1, 0.15) is 5.75 Å². The van der Waals surface area contributed by atoms with Crippen LogP contribution in [-0.4, -0.2) is 66.7 Å². The van der Waals surface area contributed by atoms with Crippen LogP contribution in [0, 0.1) is 5.92 Å². The summed E-state index contributed by atoms with van der Waals surface area (Å²) in [6.07, 6.45) is 9.61. The number of nitrogens with one attached hydrogen (secondary N) is 4. The summed E-state index contributed by atoms with van der Waals surface area (Å²) in [5, 5.41) is 12.3. The first-order valence-corrected chi connectivity index (χ1v) is 19.9. The first-order chi connectivity index (χ1) is 26.9. The van der Waals surface area contributed by atoms with E-state index in [1.54, 1.807) is 7.11 Å². The quantitative estimate of drug-likeness (QED) is 0.0812. The predicted octanol–water partition coefficient (Wildman–Crippen LogP) is 10.0. The fourth-order valence-corrected chi connectivity index (χ4v) is 7.37. The molecule has 2 atom stereocenters. The van der Waals surface area contributed by atoms with Gasteiger partial charge < -0.3 is 35.8 Å². The molecule has 10 heteroatoms. The van der Waals surface area contributed by atoms with Gasteiger partial charge in [0.05, 0.1) is 19.2 Å². The van der Waals surface area contributed by atoms with Crippen LogP contribution >= 0.6 is 0 Å². The Hall–Kier alpha value is -5.51. The molecule has 1 aliphatic carbocycles. The number of para-hydroxylation sites is 3. The van der Waals surface area contributed by atoms with Crippen molar-refractivity contribution in [3.63, 3.8) is 0 Å². The van der Waals surface area contributed by atoms with Crippen LogP contribution < -0.4 is 26.0 Å². The van der Waals surface area contributed by atoms with E-state index in [1.807, 2.05) is 125 Å². The molecule has 0 aliphatic heterocycles. The molecule has 0 unspecified atom stereocenters. The van der Waals surface area contributed by atoms with Crippen LogP contribution in [0.1, 0.15) is 70.3 Å². The number of unbranched alkanes of at least 4 members (excludes halogenated alkanes) is 1. The van der Waals surface area contributed by atoms with Crippen LogP contribution in [0.2, 0.25) is 0 Å². The summed E-state index contributed by atoms with van der Waals surface area (Å²) < 4.78 is 5.38. The number of methoxy groups -OCH3 is 1. The van der Waals surface area contributed by atoms with Crippen molar-refractivity contribution in [2.45, 2.75) is 83.2 Å². The largest absolute Gasteiger partial charge is 0.497 e. The van der Waals surface area contributed by atoms with Crippen molar-refractivity contribution in [1.29, 1.82) is 0 Å². The molecule has 0 heterocycles. The Bertz CT molecular complexity index is 1720. The number of carbonyl (C=O) groups excluding carboxylic acids is 3. The maximum atomic E-state index is 14.6. The molecule has 0 aromatic heterocycles. The molecule has 4 aromatic carbocycles. The summed E-state index contributed by atoms with van der Waals surface area (Å²) in [4.78, 5) is 46.1. The molecule has 6 amide bonds. The lowest BCUT2D eigenvalue weighted by Crippen LogP contribution is -2.56. The van der Waals surface area contributed by atoms with Gasteiger partial charge in [0.2, 0.25) is 0 Å². The van der Waals surface area contributed by atoms with Gasteiger partial charge in [-0.3, -0.25) is 0 Å². The molecule has 0 spiro atoms. The zero-order chi connectivity index (χ0) is 38.7. The van der Waals surface area contributed by atoms with Gasteiger partial charge in [-0.1, -0.05) is 119 Å². The van der Waals surface area contributed by atoms with E-state index >= 15 is 0 Å². The third kappa shape index (κ3) is 13.4. The highest BCUT2D eigenvalue weighted by molar-refractivity contribution is 5.91. The monoisotopic (exact) mass is 746 g/mol. The van der Waals surface area contributed by atoms with Crippen molar-refractivity contribution in [3.8, 4) is 5.75 Å². The third-order valence-electron chi connectivity index (χ3n) is 10.4. The average molecular weight is 747 g/mol. The molecular formula is C45H58N6O4. The molecule has 0 saturated heterocycles. The summed E-state index contributed by atoms with van der Waals surface area (Å²) in [5.41, 5.74) is 3.17. The highest BCUT2D eigenvalue weighted by atomic mass is 16.5. The molecular weight excluding hydrogens is 689 g/mol. The van der Waals surface area contributed by atoms with Crippen molar-refractivity contribution in [2.24, 2.45) is 5.92 Å². The molecule has 1 saturated carbocycles. The number of hydrogen-bond acceptors (Lipinski definition) is 4.